The minimum atomic E-state index is 0. The molecule has 0 aromatic heterocycles. The largest absolute Gasteiger partial charge is 0.494 e. The van der Waals surface area contributed by atoms with Gasteiger partial charge in [0.25, 0.3) is 0 Å². The molecule has 1 aromatic carbocycles. The van der Waals surface area contributed by atoms with Crippen molar-refractivity contribution in [3.05, 3.63) is 18.2 Å². The van der Waals surface area contributed by atoms with Crippen LogP contribution in [0.5, 0.6) is 11.5 Å². The van der Waals surface area contributed by atoms with Gasteiger partial charge in [0.1, 0.15) is 11.5 Å². The monoisotopic (exact) mass is 371 g/mol. The highest BCUT2D eigenvalue weighted by atomic mass is 35.5. The van der Waals surface area contributed by atoms with Crippen LogP contribution in [0.3, 0.4) is 0 Å². The predicted molar refractivity (Wildman–Crippen MR) is 101 cm³/mol. The highest BCUT2D eigenvalue weighted by Crippen LogP contribution is 2.33. The van der Waals surface area contributed by atoms with Gasteiger partial charge in [-0.2, -0.15) is 0 Å². The molecule has 0 amide bonds. The maximum atomic E-state index is 6.00. The summed E-state index contributed by atoms with van der Waals surface area (Å²) in [5, 5.41) is 12.0. The van der Waals surface area contributed by atoms with Gasteiger partial charge in [0.2, 0.25) is 0 Å². The molecular formula is C18H30ClN3O3. The van der Waals surface area contributed by atoms with Gasteiger partial charge < -0.3 is 19.1 Å². The molecule has 0 atom stereocenters. The Hall–Kier alpha value is -1.71. The zero-order chi connectivity index (χ0) is 17.6. The molecule has 0 radical (unpaired) electrons. The molecule has 0 N–H and O–H groups in total. The second kappa shape index (κ2) is 14.6. The molecule has 25 heavy (non-hydrogen) atoms. The van der Waals surface area contributed by atoms with Gasteiger partial charge in [0.05, 0.1) is 32.1 Å². The Morgan fingerprint density at radius 2 is 1.60 bits per heavy atom. The normalized spacial score (nSPS) is 13.2. The average molecular weight is 372 g/mol. The minimum Gasteiger partial charge on any atom is -0.494 e. The van der Waals surface area contributed by atoms with E-state index in [1.165, 1.54) is 0 Å². The standard InChI is InChI=1S/C18H29NO3.ClH.N2/c1-3-5-11-21-16-7-8-18(22-12-6-4-2)17(15-16)19-9-13-20-14-10-19;;1-2/h7-8,15H,3-6,9-14H2,1-2H3;1H;. The number of morpholine rings is 1. The summed E-state index contributed by atoms with van der Waals surface area (Å²) in [4.78, 5) is 2.33. The predicted octanol–water partition coefficient (Wildman–Crippen LogP) is 4.33. The molecule has 142 valence electrons. The molecule has 1 aliphatic rings. The molecule has 1 fully saturated rings. The lowest BCUT2D eigenvalue weighted by Gasteiger charge is -2.30. The van der Waals surface area contributed by atoms with Crippen molar-refractivity contribution in [2.75, 3.05) is 44.4 Å². The maximum Gasteiger partial charge on any atom is 0.142 e. The van der Waals surface area contributed by atoms with Gasteiger partial charge in [-0.05, 0) is 25.0 Å². The topological polar surface area (TPSA) is 78.5 Å². The molecule has 2 rings (SSSR count). The minimum absolute atomic E-state index is 0. The lowest BCUT2D eigenvalue weighted by atomic mass is 10.2. The summed E-state index contributed by atoms with van der Waals surface area (Å²) in [6, 6.07) is 6.17. The van der Waals surface area contributed by atoms with Crippen molar-refractivity contribution in [2.24, 2.45) is 0 Å². The van der Waals surface area contributed by atoms with Gasteiger partial charge in [-0.1, -0.05) is 26.7 Å². The summed E-state index contributed by atoms with van der Waals surface area (Å²) in [6.07, 6.45) is 4.46. The number of halogens is 1. The van der Waals surface area contributed by atoms with E-state index in [4.69, 9.17) is 25.0 Å². The Bertz CT molecular complexity index is 480. The average Bonchev–Trinajstić information content (AvgIpc) is 2.65. The van der Waals surface area contributed by atoms with Crippen LogP contribution in [0.4, 0.5) is 5.69 Å². The van der Waals surface area contributed by atoms with Crippen molar-refractivity contribution >= 4 is 18.1 Å². The van der Waals surface area contributed by atoms with Gasteiger partial charge in [-0.15, -0.1) is 12.4 Å². The van der Waals surface area contributed by atoms with Gasteiger partial charge in [-0.3, -0.25) is 0 Å². The molecule has 0 bridgehead atoms. The Balaban J connectivity index is 0.00000185. The first kappa shape index (κ1) is 23.3. The molecule has 1 heterocycles. The number of nitrogens with zero attached hydrogens (tertiary/aromatic N) is 3. The number of anilines is 1. The van der Waals surface area contributed by atoms with Gasteiger partial charge in [0, 0.05) is 29.9 Å². The highest BCUT2D eigenvalue weighted by molar-refractivity contribution is 5.85. The van der Waals surface area contributed by atoms with E-state index in [1.807, 2.05) is 12.1 Å². The van der Waals surface area contributed by atoms with Crippen LogP contribution >= 0.6 is 12.4 Å². The quantitative estimate of drug-likeness (QED) is 0.474. The van der Waals surface area contributed by atoms with E-state index in [1.54, 1.807) is 0 Å². The van der Waals surface area contributed by atoms with Crippen LogP contribution in [0.15, 0.2) is 18.2 Å². The Morgan fingerprint density at radius 3 is 2.20 bits per heavy atom. The third-order valence-corrected chi connectivity index (χ3v) is 3.80. The second-order valence-electron chi connectivity index (χ2n) is 5.63. The van der Waals surface area contributed by atoms with Crippen LogP contribution in [0, 0.1) is 10.8 Å². The van der Waals surface area contributed by atoms with Crippen molar-refractivity contribution in [3.63, 3.8) is 0 Å². The molecule has 1 aliphatic heterocycles. The SMILES string of the molecule is CCCCOc1ccc(OCCCC)c(N2CCOCC2)c1.Cl.N#N. The summed E-state index contributed by atoms with van der Waals surface area (Å²) >= 11 is 0. The molecule has 0 saturated carbocycles. The first-order chi connectivity index (χ1) is 11.8. The Labute approximate surface area is 157 Å². The van der Waals surface area contributed by atoms with E-state index >= 15 is 0 Å². The third kappa shape index (κ3) is 8.28. The first-order valence-corrected chi connectivity index (χ1v) is 8.77. The van der Waals surface area contributed by atoms with Crippen LogP contribution in [0.2, 0.25) is 0 Å². The van der Waals surface area contributed by atoms with Crippen LogP contribution in [-0.2, 0) is 4.74 Å². The molecular weight excluding hydrogens is 342 g/mol. The summed E-state index contributed by atoms with van der Waals surface area (Å²) in [7, 11) is 0. The first-order valence-electron chi connectivity index (χ1n) is 8.77. The molecule has 0 unspecified atom stereocenters. The van der Waals surface area contributed by atoms with Crippen molar-refractivity contribution < 1.29 is 14.2 Å². The van der Waals surface area contributed by atoms with Crippen LogP contribution in [0.25, 0.3) is 0 Å². The maximum absolute atomic E-state index is 6.00. The highest BCUT2D eigenvalue weighted by Gasteiger charge is 2.16. The fourth-order valence-electron chi connectivity index (χ4n) is 2.42. The van der Waals surface area contributed by atoms with E-state index in [9.17, 15) is 0 Å². The Kier molecular flexibility index (Phi) is 13.6. The number of rotatable bonds is 9. The molecule has 6 nitrogen and oxygen atoms in total. The van der Waals surface area contributed by atoms with Gasteiger partial charge >= 0.3 is 0 Å². The fourth-order valence-corrected chi connectivity index (χ4v) is 2.42. The van der Waals surface area contributed by atoms with E-state index in [0.717, 1.165) is 82.4 Å². The van der Waals surface area contributed by atoms with Crippen molar-refractivity contribution in [1.82, 2.24) is 0 Å². The van der Waals surface area contributed by atoms with Crippen LogP contribution in [-0.4, -0.2) is 39.5 Å². The molecule has 1 saturated heterocycles. The summed E-state index contributed by atoms with van der Waals surface area (Å²) < 4.78 is 17.3. The number of benzene rings is 1. The number of ether oxygens (including phenoxy) is 3. The van der Waals surface area contributed by atoms with Crippen LogP contribution in [0.1, 0.15) is 39.5 Å². The van der Waals surface area contributed by atoms with Crippen LogP contribution < -0.4 is 14.4 Å². The van der Waals surface area contributed by atoms with Gasteiger partial charge in [-0.25, -0.2) is 0 Å². The van der Waals surface area contributed by atoms with E-state index in [0.29, 0.717) is 0 Å². The zero-order valence-corrected chi connectivity index (χ0v) is 16.1. The van der Waals surface area contributed by atoms with E-state index < -0.39 is 0 Å². The van der Waals surface area contributed by atoms with Crippen molar-refractivity contribution in [3.8, 4) is 11.5 Å². The summed E-state index contributed by atoms with van der Waals surface area (Å²) in [6.45, 7) is 9.25. The number of hydrogen-bond donors (Lipinski definition) is 0. The van der Waals surface area contributed by atoms with Gasteiger partial charge in [0.15, 0.2) is 0 Å². The molecule has 1 aromatic rings. The summed E-state index contributed by atoms with van der Waals surface area (Å²) in [5.41, 5.74) is 1.13. The molecule has 7 heteroatoms. The van der Waals surface area contributed by atoms with Crippen molar-refractivity contribution in [1.29, 1.82) is 10.8 Å². The second-order valence-corrected chi connectivity index (χ2v) is 5.63. The Morgan fingerprint density at radius 1 is 1.00 bits per heavy atom. The molecule has 0 aliphatic carbocycles. The number of hydrogen-bond acceptors (Lipinski definition) is 6. The molecule has 0 spiro atoms. The third-order valence-electron chi connectivity index (χ3n) is 3.80. The summed E-state index contributed by atoms with van der Waals surface area (Å²) in [5.74, 6) is 1.89. The smallest absolute Gasteiger partial charge is 0.142 e. The van der Waals surface area contributed by atoms with E-state index in [2.05, 4.69) is 24.8 Å². The van der Waals surface area contributed by atoms with Crippen molar-refractivity contribution in [2.45, 2.75) is 39.5 Å². The lowest BCUT2D eigenvalue weighted by molar-refractivity contribution is 0.122. The fraction of sp³-hybridized carbons (Fsp3) is 0.667. The van der Waals surface area contributed by atoms with E-state index in [-0.39, 0.29) is 12.4 Å². The lowest BCUT2D eigenvalue weighted by Crippen LogP contribution is -2.36. The number of unbranched alkanes of at least 4 members (excludes halogenated alkanes) is 2. The zero-order valence-electron chi connectivity index (χ0n) is 15.3.